The maximum absolute atomic E-state index is 10.7. The predicted octanol–water partition coefficient (Wildman–Crippen LogP) is 16.1. The maximum atomic E-state index is 10.7. The Balaban J connectivity index is 0.000000345. The van der Waals surface area contributed by atoms with Gasteiger partial charge in [0.05, 0.1) is 0 Å². The number of ketones is 1. The van der Waals surface area contributed by atoms with Crippen molar-refractivity contribution in [2.45, 2.75) is 68.7 Å². The summed E-state index contributed by atoms with van der Waals surface area (Å²) >= 11 is 0. The van der Waals surface area contributed by atoms with E-state index in [-0.39, 0.29) is 5.78 Å². The normalized spacial score (nSPS) is 8.88. The summed E-state index contributed by atoms with van der Waals surface area (Å²) in [4.78, 5) is 10.7. The van der Waals surface area contributed by atoms with E-state index >= 15 is 0 Å². The Morgan fingerprint density at radius 1 is 0.250 bits per heavy atom. The SMILES string of the molecule is CC(=O)Cc1ccc(C)cc1.Cc1ccccc1.Cc1ccccc1.Cc1ccccc1.Cc1ccccc1.Cc1ccccc1.Cc1ccccc1.Cc1ccccc1. The van der Waals surface area contributed by atoms with Crippen LogP contribution in [0.3, 0.4) is 0 Å². The summed E-state index contributed by atoms with van der Waals surface area (Å²) in [6, 6.07) is 79.9. The van der Waals surface area contributed by atoms with Crippen molar-refractivity contribution in [2.24, 2.45) is 0 Å². The van der Waals surface area contributed by atoms with Crippen LogP contribution in [0.4, 0.5) is 0 Å². The molecule has 0 radical (unpaired) electrons. The highest BCUT2D eigenvalue weighted by atomic mass is 16.1. The summed E-state index contributed by atoms with van der Waals surface area (Å²) in [7, 11) is 0. The van der Waals surface area contributed by atoms with Crippen molar-refractivity contribution in [3.05, 3.63) is 287 Å². The molecule has 0 amide bonds. The van der Waals surface area contributed by atoms with Gasteiger partial charge in [0.1, 0.15) is 5.78 Å². The monoisotopic (exact) mass is 793 g/mol. The van der Waals surface area contributed by atoms with E-state index in [9.17, 15) is 4.79 Å². The lowest BCUT2D eigenvalue weighted by Crippen LogP contribution is -1.95. The largest absolute Gasteiger partial charge is 0.300 e. The zero-order valence-corrected chi connectivity index (χ0v) is 37.6. The highest BCUT2D eigenvalue weighted by Crippen LogP contribution is 2.04. The second-order valence-corrected chi connectivity index (χ2v) is 14.4. The number of rotatable bonds is 2. The fourth-order valence-electron chi connectivity index (χ4n) is 4.73. The third-order valence-corrected chi connectivity index (χ3v) is 8.16. The van der Waals surface area contributed by atoms with E-state index in [1.807, 2.05) is 159 Å². The molecule has 0 saturated carbocycles. The van der Waals surface area contributed by atoms with Gasteiger partial charge in [-0.15, -0.1) is 0 Å². The van der Waals surface area contributed by atoms with E-state index in [0.29, 0.717) is 6.42 Å². The number of carbonyl (C=O) groups is 1. The Bertz CT molecular complexity index is 1740. The minimum absolute atomic E-state index is 0.217. The third kappa shape index (κ3) is 32.5. The quantitative estimate of drug-likeness (QED) is 0.170. The number of benzene rings is 8. The highest BCUT2D eigenvalue weighted by molar-refractivity contribution is 5.78. The lowest BCUT2D eigenvalue weighted by Gasteiger charge is -1.96. The van der Waals surface area contributed by atoms with Crippen molar-refractivity contribution in [1.82, 2.24) is 0 Å². The second-order valence-electron chi connectivity index (χ2n) is 14.4. The predicted molar refractivity (Wildman–Crippen MR) is 264 cm³/mol. The van der Waals surface area contributed by atoms with Crippen molar-refractivity contribution in [3.63, 3.8) is 0 Å². The summed E-state index contributed by atoms with van der Waals surface area (Å²) in [5.74, 6) is 0.217. The summed E-state index contributed by atoms with van der Waals surface area (Å²) in [5, 5.41) is 0. The molecule has 8 aromatic rings. The molecule has 0 N–H and O–H groups in total. The molecule has 0 aliphatic heterocycles. The molecule has 310 valence electrons. The smallest absolute Gasteiger partial charge is 0.134 e. The van der Waals surface area contributed by atoms with E-state index < -0.39 is 0 Å². The fourth-order valence-corrected chi connectivity index (χ4v) is 4.73. The summed E-state index contributed by atoms with van der Waals surface area (Å²) < 4.78 is 0. The molecule has 1 heteroatoms. The zero-order chi connectivity index (χ0) is 44.1. The van der Waals surface area contributed by atoms with Crippen molar-refractivity contribution < 1.29 is 4.79 Å². The molecular weight excluding hydrogens is 725 g/mol. The van der Waals surface area contributed by atoms with Gasteiger partial charge in [0, 0.05) is 6.42 Å². The molecule has 0 aliphatic carbocycles. The third-order valence-electron chi connectivity index (χ3n) is 8.16. The van der Waals surface area contributed by atoms with E-state index in [4.69, 9.17) is 0 Å². The van der Waals surface area contributed by atoms with Gasteiger partial charge in [0.15, 0.2) is 0 Å². The molecule has 60 heavy (non-hydrogen) atoms. The number of hydrogen-bond donors (Lipinski definition) is 0. The van der Waals surface area contributed by atoms with Crippen LogP contribution in [-0.2, 0) is 11.2 Å². The standard InChI is InChI=1S/C10H12O.7C7H8/c1-8-3-5-10(6-4-8)7-9(2)11;7*1-7-5-3-2-4-6-7/h3-6H,7H2,1-2H3;7*2-6H,1H3. The van der Waals surface area contributed by atoms with Crippen LogP contribution in [0.2, 0.25) is 0 Å². The van der Waals surface area contributed by atoms with Gasteiger partial charge >= 0.3 is 0 Å². The topological polar surface area (TPSA) is 17.1 Å². The molecule has 0 atom stereocenters. The van der Waals surface area contributed by atoms with E-state index in [1.54, 1.807) is 6.92 Å². The Kier molecular flexibility index (Phi) is 29.6. The van der Waals surface area contributed by atoms with Gasteiger partial charge < -0.3 is 0 Å². The first-order chi connectivity index (χ1) is 28.9. The van der Waals surface area contributed by atoms with Gasteiger partial charge in [0.2, 0.25) is 0 Å². The number of carbonyl (C=O) groups excluding carboxylic acids is 1. The van der Waals surface area contributed by atoms with Crippen LogP contribution in [0.1, 0.15) is 57.0 Å². The zero-order valence-electron chi connectivity index (χ0n) is 37.6. The fraction of sp³-hybridized carbons (Fsp3) is 0.169. The summed E-state index contributed by atoms with van der Waals surface area (Å²) in [5.41, 5.74) is 11.6. The minimum atomic E-state index is 0.217. The average molecular weight is 793 g/mol. The van der Waals surface area contributed by atoms with Crippen molar-refractivity contribution in [1.29, 1.82) is 0 Å². The van der Waals surface area contributed by atoms with Crippen LogP contribution < -0.4 is 0 Å². The molecule has 8 rings (SSSR count). The van der Waals surface area contributed by atoms with Gasteiger partial charge in [0.25, 0.3) is 0 Å². The Labute approximate surface area is 364 Å². The Morgan fingerprint density at radius 2 is 0.400 bits per heavy atom. The van der Waals surface area contributed by atoms with Crippen LogP contribution in [-0.4, -0.2) is 5.78 Å². The number of aryl methyl sites for hydroxylation is 8. The van der Waals surface area contributed by atoms with Crippen molar-refractivity contribution >= 4 is 5.78 Å². The first kappa shape index (κ1) is 51.4. The van der Waals surface area contributed by atoms with Gasteiger partial charge in [-0.3, -0.25) is 4.79 Å². The Hall–Kier alpha value is -6.57. The molecule has 0 aromatic heterocycles. The van der Waals surface area contributed by atoms with Crippen LogP contribution in [0.5, 0.6) is 0 Å². The lowest BCUT2D eigenvalue weighted by atomic mass is 10.1. The second kappa shape index (κ2) is 34.5. The molecule has 0 aliphatic rings. The van der Waals surface area contributed by atoms with Crippen LogP contribution in [0.25, 0.3) is 0 Å². The molecule has 0 bridgehead atoms. The van der Waals surface area contributed by atoms with E-state index in [1.165, 1.54) is 44.5 Å². The van der Waals surface area contributed by atoms with Gasteiger partial charge in [-0.2, -0.15) is 0 Å². The van der Waals surface area contributed by atoms with Crippen LogP contribution >= 0.6 is 0 Å². The van der Waals surface area contributed by atoms with Gasteiger partial charge in [-0.05, 0) is 67.9 Å². The first-order valence-corrected chi connectivity index (χ1v) is 20.6. The molecule has 0 saturated heterocycles. The molecule has 0 unspecified atom stereocenters. The molecule has 0 fully saturated rings. The molecule has 8 aromatic carbocycles. The molecule has 0 spiro atoms. The van der Waals surface area contributed by atoms with E-state index in [2.05, 4.69) is 133 Å². The lowest BCUT2D eigenvalue weighted by molar-refractivity contribution is -0.116. The Morgan fingerprint density at radius 3 is 0.517 bits per heavy atom. The summed E-state index contributed by atoms with van der Waals surface area (Å²) in [6.45, 7) is 18.2. The van der Waals surface area contributed by atoms with Crippen molar-refractivity contribution in [3.8, 4) is 0 Å². The average Bonchev–Trinajstić information content (AvgIpc) is 3.25. The molecular formula is C59H68O. The number of Topliss-reactive ketones (excluding diaryl/α,β-unsaturated/α-hetero) is 1. The maximum Gasteiger partial charge on any atom is 0.134 e. The molecule has 0 heterocycles. The van der Waals surface area contributed by atoms with Crippen molar-refractivity contribution in [2.75, 3.05) is 0 Å². The van der Waals surface area contributed by atoms with E-state index in [0.717, 1.165) is 5.56 Å². The van der Waals surface area contributed by atoms with Gasteiger partial charge in [-0.1, -0.05) is 281 Å². The first-order valence-electron chi connectivity index (χ1n) is 20.6. The highest BCUT2D eigenvalue weighted by Gasteiger charge is 1.95. The van der Waals surface area contributed by atoms with Crippen LogP contribution in [0, 0.1) is 55.4 Å². The summed E-state index contributed by atoms with van der Waals surface area (Å²) in [6.07, 6.45) is 0.556. The van der Waals surface area contributed by atoms with Crippen LogP contribution in [0.15, 0.2) is 237 Å². The van der Waals surface area contributed by atoms with Gasteiger partial charge in [-0.25, -0.2) is 0 Å². The molecule has 1 nitrogen and oxygen atoms in total. The number of hydrogen-bond acceptors (Lipinski definition) is 1. The minimum Gasteiger partial charge on any atom is -0.300 e.